The van der Waals surface area contributed by atoms with Crippen molar-refractivity contribution in [3.05, 3.63) is 33.5 Å². The molecule has 124 valence electrons. The van der Waals surface area contributed by atoms with Gasteiger partial charge in [0.15, 0.2) is 11.2 Å². The van der Waals surface area contributed by atoms with Gasteiger partial charge in [-0.1, -0.05) is 6.08 Å². The number of aromatic nitrogens is 4. The Morgan fingerprint density at radius 2 is 2.26 bits per heavy atom. The van der Waals surface area contributed by atoms with Crippen LogP contribution in [-0.4, -0.2) is 48.1 Å². The largest absolute Gasteiger partial charge is 0.394 e. The molecule has 0 bridgehead atoms. The Labute approximate surface area is 129 Å². The van der Waals surface area contributed by atoms with Crippen LogP contribution in [0, 0.1) is 0 Å². The molecule has 1 aliphatic heterocycles. The Bertz CT molecular complexity index is 866. The number of nitrogens with zero attached hydrogens (tertiary/aromatic N) is 3. The van der Waals surface area contributed by atoms with Gasteiger partial charge in [-0.25, -0.2) is 9.36 Å². The van der Waals surface area contributed by atoms with Crippen molar-refractivity contribution in [2.75, 3.05) is 12.3 Å². The third-order valence-electron chi connectivity index (χ3n) is 3.81. The molecule has 10 nitrogen and oxygen atoms in total. The van der Waals surface area contributed by atoms with Crippen molar-refractivity contribution in [1.82, 2.24) is 19.1 Å². The normalized spacial score (nSPS) is 24.3. The summed E-state index contributed by atoms with van der Waals surface area (Å²) < 4.78 is 7.87. The van der Waals surface area contributed by atoms with Crippen molar-refractivity contribution >= 4 is 17.1 Å². The number of H-pyrrole nitrogens is 1. The van der Waals surface area contributed by atoms with Crippen LogP contribution in [0.4, 0.5) is 5.95 Å². The highest BCUT2D eigenvalue weighted by Gasteiger charge is 2.37. The molecule has 0 saturated carbocycles. The highest BCUT2D eigenvalue weighted by atomic mass is 16.5. The van der Waals surface area contributed by atoms with Crippen molar-refractivity contribution in [2.24, 2.45) is 0 Å². The van der Waals surface area contributed by atoms with Crippen LogP contribution < -0.4 is 17.0 Å². The van der Waals surface area contributed by atoms with Gasteiger partial charge in [0.25, 0.3) is 5.56 Å². The zero-order valence-electron chi connectivity index (χ0n) is 12.2. The van der Waals surface area contributed by atoms with Crippen molar-refractivity contribution in [3.63, 3.8) is 0 Å². The number of nitrogen functional groups attached to an aromatic ring is 1. The molecule has 1 fully saturated rings. The van der Waals surface area contributed by atoms with Gasteiger partial charge in [-0.3, -0.25) is 14.3 Å². The molecular formula is C13H17N5O5. The standard InChI is InChI=1S/C13H17N5O5/c1-2-3-17-9-10(15-12(14)16-11(9)21)18(13(17)22)8-4-6(20)7(5-19)23-8/h2,6-8,19-20H,1,3-5H2,(H3,14,15,16,21)/t6-,7+,8+/m0/s1. The van der Waals surface area contributed by atoms with E-state index in [0.717, 1.165) is 0 Å². The monoisotopic (exact) mass is 323 g/mol. The molecule has 2 aromatic rings. The fourth-order valence-corrected chi connectivity index (χ4v) is 2.80. The zero-order chi connectivity index (χ0) is 16.7. The van der Waals surface area contributed by atoms with Gasteiger partial charge in [0.1, 0.15) is 12.3 Å². The topological polar surface area (TPSA) is 148 Å². The van der Waals surface area contributed by atoms with E-state index in [-0.39, 0.29) is 36.7 Å². The van der Waals surface area contributed by atoms with Crippen LogP contribution in [0.1, 0.15) is 12.6 Å². The average molecular weight is 323 g/mol. The van der Waals surface area contributed by atoms with E-state index in [9.17, 15) is 19.8 Å². The maximum Gasteiger partial charge on any atom is 0.332 e. The number of allylic oxidation sites excluding steroid dienone is 1. The summed E-state index contributed by atoms with van der Waals surface area (Å²) in [5.74, 6) is -0.135. The Hall–Kier alpha value is -2.43. The summed E-state index contributed by atoms with van der Waals surface area (Å²) in [5, 5.41) is 19.0. The van der Waals surface area contributed by atoms with Crippen LogP contribution in [0.3, 0.4) is 0 Å². The molecule has 0 amide bonds. The van der Waals surface area contributed by atoms with E-state index < -0.39 is 29.7 Å². The first-order valence-electron chi connectivity index (χ1n) is 7.03. The number of imidazole rings is 1. The number of hydrogen-bond donors (Lipinski definition) is 4. The van der Waals surface area contributed by atoms with E-state index in [1.54, 1.807) is 0 Å². The number of aliphatic hydroxyl groups excluding tert-OH is 2. The molecule has 3 rings (SSSR count). The number of rotatable bonds is 4. The summed E-state index contributed by atoms with van der Waals surface area (Å²) in [6.07, 6.45) is -1.01. The second-order valence-corrected chi connectivity index (χ2v) is 5.29. The van der Waals surface area contributed by atoms with E-state index in [2.05, 4.69) is 16.5 Å². The van der Waals surface area contributed by atoms with Gasteiger partial charge in [-0.2, -0.15) is 4.98 Å². The summed E-state index contributed by atoms with van der Waals surface area (Å²) in [7, 11) is 0. The van der Waals surface area contributed by atoms with Crippen LogP contribution in [0.15, 0.2) is 22.2 Å². The Morgan fingerprint density at radius 3 is 2.87 bits per heavy atom. The van der Waals surface area contributed by atoms with Crippen LogP contribution in [0.25, 0.3) is 11.2 Å². The van der Waals surface area contributed by atoms with Crippen LogP contribution >= 0.6 is 0 Å². The fourth-order valence-electron chi connectivity index (χ4n) is 2.80. The van der Waals surface area contributed by atoms with Crippen LogP contribution in [-0.2, 0) is 11.3 Å². The molecule has 2 aromatic heterocycles. The van der Waals surface area contributed by atoms with Crippen molar-refractivity contribution in [2.45, 2.75) is 31.4 Å². The average Bonchev–Trinajstić information content (AvgIpc) is 2.98. The number of fused-ring (bicyclic) bond motifs is 1. The lowest BCUT2D eigenvalue weighted by atomic mass is 10.2. The maximum absolute atomic E-state index is 12.7. The third-order valence-corrected chi connectivity index (χ3v) is 3.81. The number of anilines is 1. The smallest absolute Gasteiger partial charge is 0.332 e. The maximum atomic E-state index is 12.7. The highest BCUT2D eigenvalue weighted by molar-refractivity contribution is 5.71. The predicted octanol–water partition coefficient (Wildman–Crippen LogP) is -1.70. The van der Waals surface area contributed by atoms with Crippen molar-refractivity contribution in [1.29, 1.82) is 0 Å². The fraction of sp³-hybridized carbons (Fsp3) is 0.462. The van der Waals surface area contributed by atoms with Crippen LogP contribution in [0.2, 0.25) is 0 Å². The Morgan fingerprint density at radius 1 is 1.52 bits per heavy atom. The molecule has 10 heteroatoms. The lowest BCUT2D eigenvalue weighted by molar-refractivity contribution is -0.0443. The molecule has 0 spiro atoms. The molecule has 1 aliphatic rings. The van der Waals surface area contributed by atoms with Gasteiger partial charge >= 0.3 is 5.69 Å². The number of ether oxygens (including phenoxy) is 1. The second-order valence-electron chi connectivity index (χ2n) is 5.29. The number of hydrogen-bond acceptors (Lipinski definition) is 7. The molecule has 0 unspecified atom stereocenters. The minimum atomic E-state index is -0.922. The first-order valence-corrected chi connectivity index (χ1v) is 7.03. The summed E-state index contributed by atoms with van der Waals surface area (Å²) in [6.45, 7) is 3.29. The molecular weight excluding hydrogens is 306 g/mol. The molecule has 1 saturated heterocycles. The van der Waals surface area contributed by atoms with E-state index >= 15 is 0 Å². The third kappa shape index (κ3) is 2.36. The molecule has 5 N–H and O–H groups in total. The summed E-state index contributed by atoms with van der Waals surface area (Å²) >= 11 is 0. The number of aromatic amines is 1. The molecule has 23 heavy (non-hydrogen) atoms. The number of nitrogens with two attached hydrogens (primary N) is 1. The Kier molecular flexibility index (Phi) is 3.80. The first-order chi connectivity index (χ1) is 11.0. The Balaban J connectivity index is 2.25. The minimum Gasteiger partial charge on any atom is -0.394 e. The number of aliphatic hydroxyl groups is 2. The predicted molar refractivity (Wildman–Crippen MR) is 80.8 cm³/mol. The lowest BCUT2D eigenvalue weighted by Crippen LogP contribution is -2.28. The van der Waals surface area contributed by atoms with Gasteiger partial charge in [0.05, 0.1) is 12.7 Å². The molecule has 0 aliphatic carbocycles. The van der Waals surface area contributed by atoms with Crippen molar-refractivity contribution < 1.29 is 14.9 Å². The minimum absolute atomic E-state index is 0.0506. The van der Waals surface area contributed by atoms with E-state index in [1.807, 2.05) is 0 Å². The van der Waals surface area contributed by atoms with Gasteiger partial charge in [0, 0.05) is 13.0 Å². The molecule has 0 radical (unpaired) electrons. The van der Waals surface area contributed by atoms with E-state index in [4.69, 9.17) is 10.5 Å². The molecule has 3 heterocycles. The molecule has 0 aromatic carbocycles. The SMILES string of the molecule is C=CCn1c(=O)n([C@H]2C[C@H](O)[C@@H](CO)O2)c2nc(N)[nH]c(=O)c21. The van der Waals surface area contributed by atoms with Gasteiger partial charge in [-0.15, -0.1) is 6.58 Å². The van der Waals surface area contributed by atoms with E-state index in [0.29, 0.717) is 0 Å². The summed E-state index contributed by atoms with van der Waals surface area (Å²) in [4.78, 5) is 31.2. The van der Waals surface area contributed by atoms with Gasteiger partial charge in [-0.05, 0) is 0 Å². The highest BCUT2D eigenvalue weighted by Crippen LogP contribution is 2.29. The zero-order valence-corrected chi connectivity index (χ0v) is 12.2. The van der Waals surface area contributed by atoms with E-state index in [1.165, 1.54) is 15.2 Å². The second kappa shape index (κ2) is 5.65. The number of nitrogens with one attached hydrogen (secondary N) is 1. The van der Waals surface area contributed by atoms with Gasteiger partial charge < -0.3 is 20.7 Å². The molecule has 3 atom stereocenters. The summed E-state index contributed by atoms with van der Waals surface area (Å²) in [6, 6.07) is 0. The lowest BCUT2D eigenvalue weighted by Gasteiger charge is -2.12. The quantitative estimate of drug-likeness (QED) is 0.490. The first kappa shape index (κ1) is 15.5. The van der Waals surface area contributed by atoms with Crippen LogP contribution in [0.5, 0.6) is 0 Å². The van der Waals surface area contributed by atoms with Gasteiger partial charge in [0.2, 0.25) is 5.95 Å². The summed E-state index contributed by atoms with van der Waals surface area (Å²) in [5.41, 5.74) is 4.60. The van der Waals surface area contributed by atoms with Crippen molar-refractivity contribution in [3.8, 4) is 0 Å².